The van der Waals surface area contributed by atoms with E-state index in [0.29, 0.717) is 17.2 Å². The van der Waals surface area contributed by atoms with Crippen LogP contribution in [0.15, 0.2) is 77.3 Å². The molecule has 150 valence electrons. The van der Waals surface area contributed by atoms with Gasteiger partial charge in [0.1, 0.15) is 34.3 Å². The predicted molar refractivity (Wildman–Crippen MR) is 113 cm³/mol. The second-order valence-corrected chi connectivity index (χ2v) is 6.86. The number of aromatic nitrogens is 1. The number of rotatable bonds is 5. The molecule has 5 nitrogen and oxygen atoms in total. The molecule has 0 fully saturated rings. The smallest absolute Gasteiger partial charge is 0.261 e. The first-order valence-corrected chi connectivity index (χ1v) is 9.45. The van der Waals surface area contributed by atoms with Gasteiger partial charge in [-0.3, -0.25) is 4.79 Å². The summed E-state index contributed by atoms with van der Waals surface area (Å²) >= 11 is 6.13. The van der Waals surface area contributed by atoms with Gasteiger partial charge in [0.25, 0.3) is 5.91 Å². The van der Waals surface area contributed by atoms with Gasteiger partial charge < -0.3 is 14.6 Å². The molecule has 3 aromatic carbocycles. The number of aryl methyl sites for hydroxylation is 1. The van der Waals surface area contributed by atoms with E-state index in [1.54, 1.807) is 31.2 Å². The van der Waals surface area contributed by atoms with Crippen molar-refractivity contribution in [3.8, 4) is 22.8 Å². The van der Waals surface area contributed by atoms with Gasteiger partial charge in [0.05, 0.1) is 10.6 Å². The lowest BCUT2D eigenvalue weighted by atomic mass is 10.0. The van der Waals surface area contributed by atoms with Crippen LogP contribution in [0.2, 0.25) is 5.02 Å². The van der Waals surface area contributed by atoms with E-state index in [1.807, 2.05) is 30.3 Å². The van der Waals surface area contributed by atoms with Crippen molar-refractivity contribution < 1.29 is 18.4 Å². The molecular weight excluding hydrogens is 407 g/mol. The van der Waals surface area contributed by atoms with Crippen LogP contribution in [0.4, 0.5) is 10.1 Å². The molecule has 4 aromatic rings. The largest absolute Gasteiger partial charge is 0.457 e. The molecule has 0 aliphatic heterocycles. The van der Waals surface area contributed by atoms with Crippen LogP contribution in [0, 0.1) is 12.7 Å². The van der Waals surface area contributed by atoms with Crippen molar-refractivity contribution in [3.63, 3.8) is 0 Å². The molecule has 0 atom stereocenters. The second kappa shape index (κ2) is 8.39. The molecule has 0 unspecified atom stereocenters. The van der Waals surface area contributed by atoms with Gasteiger partial charge in [-0.05, 0) is 55.5 Å². The highest BCUT2D eigenvalue weighted by Gasteiger charge is 2.25. The number of carbonyl (C=O) groups is 1. The molecule has 0 aliphatic rings. The number of hydrogen-bond acceptors (Lipinski definition) is 4. The Morgan fingerprint density at radius 2 is 1.70 bits per heavy atom. The van der Waals surface area contributed by atoms with Gasteiger partial charge in [0.15, 0.2) is 0 Å². The van der Waals surface area contributed by atoms with Crippen molar-refractivity contribution in [1.29, 1.82) is 0 Å². The van der Waals surface area contributed by atoms with Gasteiger partial charge in [-0.25, -0.2) is 4.39 Å². The Morgan fingerprint density at radius 1 is 1.00 bits per heavy atom. The number of nitrogens with one attached hydrogen (secondary N) is 1. The Balaban J connectivity index is 1.56. The molecule has 1 amide bonds. The van der Waals surface area contributed by atoms with Gasteiger partial charge in [-0.15, -0.1) is 0 Å². The lowest BCUT2D eigenvalue weighted by Gasteiger charge is -2.09. The normalized spacial score (nSPS) is 10.6. The van der Waals surface area contributed by atoms with Crippen LogP contribution < -0.4 is 10.1 Å². The lowest BCUT2D eigenvalue weighted by Crippen LogP contribution is -2.13. The molecule has 0 saturated carbocycles. The summed E-state index contributed by atoms with van der Waals surface area (Å²) in [6.07, 6.45) is 0. The fourth-order valence-electron chi connectivity index (χ4n) is 2.96. The number of anilines is 1. The summed E-state index contributed by atoms with van der Waals surface area (Å²) in [5.41, 5.74) is 0.725. The number of carbonyl (C=O) groups excluding carboxylic acids is 1. The van der Waals surface area contributed by atoms with Gasteiger partial charge >= 0.3 is 0 Å². The van der Waals surface area contributed by atoms with Crippen LogP contribution in [0.25, 0.3) is 11.3 Å². The third kappa shape index (κ3) is 4.04. The second-order valence-electron chi connectivity index (χ2n) is 6.45. The maximum atomic E-state index is 14.3. The standard InChI is InChI=1S/C23H16ClFN2O3/c1-14-20(22(27-30-14)21-18(24)8-5-9-19(21)25)23(28)26-15-10-12-17(13-11-15)29-16-6-3-2-4-7-16/h2-13H,1H3,(H,26,28). The van der Waals surface area contributed by atoms with E-state index in [9.17, 15) is 9.18 Å². The zero-order valence-corrected chi connectivity index (χ0v) is 16.6. The minimum atomic E-state index is -0.590. The third-order valence-corrected chi connectivity index (χ3v) is 4.70. The first kappa shape index (κ1) is 19.7. The molecule has 30 heavy (non-hydrogen) atoms. The van der Waals surface area contributed by atoms with Crippen LogP contribution >= 0.6 is 11.6 Å². The van der Waals surface area contributed by atoms with E-state index in [-0.39, 0.29) is 27.6 Å². The first-order valence-electron chi connectivity index (χ1n) is 9.08. The number of benzene rings is 3. The zero-order chi connectivity index (χ0) is 21.1. The van der Waals surface area contributed by atoms with Crippen LogP contribution in [0.1, 0.15) is 16.1 Å². The summed E-state index contributed by atoms with van der Waals surface area (Å²) in [4.78, 5) is 12.9. The quantitative estimate of drug-likeness (QED) is 0.399. The molecular formula is C23H16ClFN2O3. The third-order valence-electron chi connectivity index (χ3n) is 4.38. The number of nitrogens with zero attached hydrogens (tertiary/aromatic N) is 1. The molecule has 0 radical (unpaired) electrons. The molecule has 1 aromatic heterocycles. The fraction of sp³-hybridized carbons (Fsp3) is 0.0435. The Bertz CT molecular complexity index is 1170. The van der Waals surface area contributed by atoms with Gasteiger partial charge in [-0.1, -0.05) is 41.0 Å². The average Bonchev–Trinajstić information content (AvgIpc) is 3.11. The van der Waals surface area contributed by atoms with E-state index in [4.69, 9.17) is 20.9 Å². The summed E-state index contributed by atoms with van der Waals surface area (Å²) < 4.78 is 25.2. The SMILES string of the molecule is Cc1onc(-c2c(F)cccc2Cl)c1C(=O)Nc1ccc(Oc2ccccc2)cc1. The highest BCUT2D eigenvalue weighted by molar-refractivity contribution is 6.33. The number of ether oxygens (including phenoxy) is 1. The van der Waals surface area contributed by atoms with Crippen LogP contribution in [-0.2, 0) is 0 Å². The molecule has 0 spiro atoms. The van der Waals surface area contributed by atoms with Crippen molar-refractivity contribution >= 4 is 23.2 Å². The number of halogens is 2. The molecule has 7 heteroatoms. The Labute approximate surface area is 177 Å². The monoisotopic (exact) mass is 422 g/mol. The topological polar surface area (TPSA) is 64.4 Å². The van der Waals surface area contributed by atoms with E-state index in [2.05, 4.69) is 10.5 Å². The Morgan fingerprint density at radius 3 is 2.40 bits per heavy atom. The molecule has 0 bridgehead atoms. The Hall–Kier alpha value is -3.64. The highest BCUT2D eigenvalue weighted by atomic mass is 35.5. The minimum absolute atomic E-state index is 0.0211. The molecule has 0 saturated heterocycles. The molecule has 1 N–H and O–H groups in total. The van der Waals surface area contributed by atoms with E-state index in [0.717, 1.165) is 0 Å². The minimum Gasteiger partial charge on any atom is -0.457 e. The molecule has 0 aliphatic carbocycles. The maximum absolute atomic E-state index is 14.3. The van der Waals surface area contributed by atoms with E-state index in [1.165, 1.54) is 18.2 Å². The number of amides is 1. The number of para-hydroxylation sites is 1. The van der Waals surface area contributed by atoms with Crippen molar-refractivity contribution in [2.24, 2.45) is 0 Å². The van der Waals surface area contributed by atoms with Gasteiger partial charge in [0, 0.05) is 5.69 Å². The van der Waals surface area contributed by atoms with Crippen LogP contribution in [-0.4, -0.2) is 11.1 Å². The maximum Gasteiger partial charge on any atom is 0.261 e. The lowest BCUT2D eigenvalue weighted by molar-refractivity contribution is 0.102. The van der Waals surface area contributed by atoms with Gasteiger partial charge in [-0.2, -0.15) is 0 Å². The van der Waals surface area contributed by atoms with Crippen LogP contribution in [0.5, 0.6) is 11.5 Å². The van der Waals surface area contributed by atoms with Crippen LogP contribution in [0.3, 0.4) is 0 Å². The summed E-state index contributed by atoms with van der Waals surface area (Å²) in [5.74, 6) is 0.512. The summed E-state index contributed by atoms with van der Waals surface area (Å²) in [6, 6.07) is 20.5. The van der Waals surface area contributed by atoms with E-state index >= 15 is 0 Å². The first-order chi connectivity index (χ1) is 14.5. The Kier molecular flexibility index (Phi) is 5.50. The zero-order valence-electron chi connectivity index (χ0n) is 15.9. The van der Waals surface area contributed by atoms with Crippen molar-refractivity contribution in [1.82, 2.24) is 5.16 Å². The van der Waals surface area contributed by atoms with E-state index < -0.39 is 11.7 Å². The highest BCUT2D eigenvalue weighted by Crippen LogP contribution is 2.34. The summed E-state index contributed by atoms with van der Waals surface area (Å²) in [6.45, 7) is 1.58. The predicted octanol–water partition coefficient (Wildman–Crippen LogP) is 6.49. The summed E-state index contributed by atoms with van der Waals surface area (Å²) in [5, 5.41) is 6.75. The van der Waals surface area contributed by atoms with Crippen molar-refractivity contribution in [3.05, 3.63) is 95.0 Å². The molecule has 4 rings (SSSR count). The average molecular weight is 423 g/mol. The fourth-order valence-corrected chi connectivity index (χ4v) is 3.21. The molecule has 1 heterocycles. The number of hydrogen-bond donors (Lipinski definition) is 1. The summed E-state index contributed by atoms with van der Waals surface area (Å²) in [7, 11) is 0. The van der Waals surface area contributed by atoms with Crippen molar-refractivity contribution in [2.75, 3.05) is 5.32 Å². The van der Waals surface area contributed by atoms with Gasteiger partial charge in [0.2, 0.25) is 0 Å². The van der Waals surface area contributed by atoms with Crippen molar-refractivity contribution in [2.45, 2.75) is 6.92 Å².